The highest BCUT2D eigenvalue weighted by Gasteiger charge is 2.24. The molecule has 1 unspecified atom stereocenters. The molecule has 2 aromatic heterocycles. The maximum atomic E-state index is 12.9. The Hall–Kier alpha value is -3.25. The minimum absolute atomic E-state index is 0.0976. The van der Waals surface area contributed by atoms with Crippen molar-refractivity contribution in [1.82, 2.24) is 0 Å². The molecule has 2 atom stereocenters. The average Bonchev–Trinajstić information content (AvgIpc) is 3.28. The zero-order valence-corrected chi connectivity index (χ0v) is 17.0. The Morgan fingerprint density at radius 2 is 1.90 bits per heavy atom. The van der Waals surface area contributed by atoms with Crippen LogP contribution in [0.2, 0.25) is 0 Å². The van der Waals surface area contributed by atoms with Crippen molar-refractivity contribution in [3.8, 4) is 5.75 Å². The van der Waals surface area contributed by atoms with E-state index >= 15 is 0 Å². The van der Waals surface area contributed by atoms with E-state index < -0.39 is 0 Å². The number of methoxy groups -OCH3 is 1. The third-order valence-corrected chi connectivity index (χ3v) is 5.34. The number of benzene rings is 2. The van der Waals surface area contributed by atoms with E-state index in [0.29, 0.717) is 23.6 Å². The summed E-state index contributed by atoms with van der Waals surface area (Å²) < 4.78 is 17.1. The summed E-state index contributed by atoms with van der Waals surface area (Å²) in [4.78, 5) is 13.9. The van der Waals surface area contributed by atoms with Crippen molar-refractivity contribution in [3.63, 3.8) is 0 Å². The predicted octanol–water partition coefficient (Wildman–Crippen LogP) is 3.54. The van der Waals surface area contributed by atoms with Gasteiger partial charge in [-0.15, -0.1) is 0 Å². The number of furan rings is 2. The van der Waals surface area contributed by atoms with Gasteiger partial charge < -0.3 is 23.8 Å². The van der Waals surface area contributed by atoms with Crippen LogP contribution >= 0.6 is 0 Å². The van der Waals surface area contributed by atoms with Gasteiger partial charge in [0.25, 0.3) is 5.91 Å². The Balaban J connectivity index is 1.57. The Morgan fingerprint density at radius 3 is 2.62 bits per heavy atom. The molecule has 2 N–H and O–H groups in total. The third kappa shape index (κ3) is 3.71. The fourth-order valence-corrected chi connectivity index (χ4v) is 3.49. The van der Waals surface area contributed by atoms with Gasteiger partial charge in [0.15, 0.2) is 11.8 Å². The molecule has 4 rings (SSSR count). The number of ether oxygens (including phenoxy) is 1. The number of aryl methyl sites for hydroxylation is 1. The van der Waals surface area contributed by atoms with Crippen molar-refractivity contribution >= 4 is 33.5 Å². The Labute approximate surface area is 169 Å². The van der Waals surface area contributed by atoms with Crippen LogP contribution in [0.3, 0.4) is 0 Å². The molecule has 0 spiro atoms. The second-order valence-corrected chi connectivity index (χ2v) is 7.39. The number of carbonyl (C=O) groups excluding carboxylic acids is 1. The zero-order valence-electron chi connectivity index (χ0n) is 17.0. The summed E-state index contributed by atoms with van der Waals surface area (Å²) in [7, 11) is 3.57. The number of rotatable bonds is 6. The zero-order chi connectivity index (χ0) is 20.5. The molecule has 0 radical (unpaired) electrons. The lowest BCUT2D eigenvalue weighted by Gasteiger charge is -2.20. The maximum Gasteiger partial charge on any atom is 0.282 e. The normalized spacial score (nSPS) is 13.5. The van der Waals surface area contributed by atoms with Gasteiger partial charge in [-0.3, -0.25) is 4.79 Å². The maximum absolute atomic E-state index is 12.9. The molecule has 150 valence electrons. The lowest BCUT2D eigenvalue weighted by atomic mass is 10.1. The number of anilines is 1. The minimum atomic E-state index is -0.281. The van der Waals surface area contributed by atoms with E-state index in [9.17, 15) is 4.79 Å². The number of quaternary nitrogens is 1. The molecule has 0 aliphatic heterocycles. The van der Waals surface area contributed by atoms with E-state index in [4.69, 9.17) is 13.6 Å². The number of carbonyl (C=O) groups is 1. The number of hydrogen-bond acceptors (Lipinski definition) is 4. The number of para-hydroxylation sites is 1. The largest absolute Gasteiger partial charge is 0.495 e. The van der Waals surface area contributed by atoms with E-state index in [1.165, 1.54) is 0 Å². The van der Waals surface area contributed by atoms with E-state index in [0.717, 1.165) is 32.8 Å². The molecule has 0 aliphatic rings. The molecule has 6 heteroatoms. The van der Waals surface area contributed by atoms with E-state index in [2.05, 4.69) is 5.32 Å². The van der Waals surface area contributed by atoms with Gasteiger partial charge >= 0.3 is 0 Å². The summed E-state index contributed by atoms with van der Waals surface area (Å²) >= 11 is 0. The topological polar surface area (TPSA) is 69.0 Å². The second kappa shape index (κ2) is 7.64. The van der Waals surface area contributed by atoms with Gasteiger partial charge in [-0.1, -0.05) is 18.2 Å². The molecule has 0 saturated heterocycles. The highest BCUT2D eigenvalue weighted by molar-refractivity contribution is 6.08. The van der Waals surface area contributed by atoms with Gasteiger partial charge in [-0.2, -0.15) is 0 Å². The molecule has 0 aliphatic carbocycles. The molecule has 4 aromatic rings. The van der Waals surface area contributed by atoms with Gasteiger partial charge in [0.05, 0.1) is 19.8 Å². The lowest BCUT2D eigenvalue weighted by Crippen LogP contribution is -3.12. The van der Waals surface area contributed by atoms with Crippen LogP contribution in [0.25, 0.3) is 21.9 Å². The smallest absolute Gasteiger partial charge is 0.282 e. The first-order valence-electron chi connectivity index (χ1n) is 9.64. The molecule has 6 nitrogen and oxygen atoms in total. The molecule has 0 saturated carbocycles. The van der Waals surface area contributed by atoms with Gasteiger partial charge in [-0.25, -0.2) is 0 Å². The first kappa shape index (κ1) is 19.1. The van der Waals surface area contributed by atoms with Crippen LogP contribution in [0.1, 0.15) is 18.4 Å². The average molecular weight is 393 g/mol. The predicted molar refractivity (Wildman–Crippen MR) is 112 cm³/mol. The van der Waals surface area contributed by atoms with Crippen LogP contribution in [0.4, 0.5) is 5.69 Å². The second-order valence-electron chi connectivity index (χ2n) is 7.39. The number of likely N-dealkylation sites (N-methyl/N-ethyl adjacent to an activating group) is 1. The van der Waals surface area contributed by atoms with Gasteiger partial charge in [0.2, 0.25) is 0 Å². The fraction of sp³-hybridized carbons (Fsp3) is 0.261. The minimum Gasteiger partial charge on any atom is -0.495 e. The van der Waals surface area contributed by atoms with Crippen LogP contribution in [-0.4, -0.2) is 26.1 Å². The van der Waals surface area contributed by atoms with Crippen molar-refractivity contribution in [2.45, 2.75) is 26.4 Å². The van der Waals surface area contributed by atoms with Gasteiger partial charge in [-0.05, 0) is 38.1 Å². The van der Waals surface area contributed by atoms with Crippen LogP contribution < -0.4 is 15.0 Å². The number of nitrogens with one attached hydrogen (secondary N) is 2. The molecular weight excluding hydrogens is 368 g/mol. The highest BCUT2D eigenvalue weighted by Crippen LogP contribution is 2.36. The van der Waals surface area contributed by atoms with Crippen LogP contribution in [0.5, 0.6) is 5.75 Å². The Kier molecular flexibility index (Phi) is 5.03. The van der Waals surface area contributed by atoms with Crippen molar-refractivity contribution < 1.29 is 23.3 Å². The Morgan fingerprint density at radius 1 is 1.10 bits per heavy atom. The van der Waals surface area contributed by atoms with Gasteiger partial charge in [0, 0.05) is 16.8 Å². The van der Waals surface area contributed by atoms with E-state index in [-0.39, 0.29) is 11.9 Å². The van der Waals surface area contributed by atoms with Crippen molar-refractivity contribution in [3.05, 3.63) is 60.1 Å². The monoisotopic (exact) mass is 393 g/mol. The van der Waals surface area contributed by atoms with Crippen LogP contribution in [-0.2, 0) is 11.3 Å². The Bertz CT molecular complexity index is 1170. The first-order chi connectivity index (χ1) is 14.0. The number of hydrogen-bond donors (Lipinski definition) is 2. The summed E-state index contributed by atoms with van der Waals surface area (Å²) in [6.45, 7) is 4.43. The molecule has 0 bridgehead atoms. The molecule has 2 aromatic carbocycles. The van der Waals surface area contributed by atoms with E-state index in [1.807, 2.05) is 69.4 Å². The van der Waals surface area contributed by atoms with Crippen LogP contribution in [0.15, 0.2) is 57.4 Å². The lowest BCUT2D eigenvalue weighted by molar-refractivity contribution is -0.908. The molecular formula is C23H25N2O4+. The van der Waals surface area contributed by atoms with Crippen molar-refractivity contribution in [2.75, 3.05) is 19.5 Å². The highest BCUT2D eigenvalue weighted by atomic mass is 16.5. The molecule has 0 fully saturated rings. The summed E-state index contributed by atoms with van der Waals surface area (Å²) in [5, 5.41) is 4.97. The standard InChI is InChI=1S/C23H24N2O4/c1-14-9-10-16(28-14)13-25(3)15(2)23(26)24-19-12-21-18(11-22(19)27-4)17-7-5-6-8-20(17)29-21/h5-12,15H,13H2,1-4H3,(H,24,26)/p+1/t15-/m0/s1. The molecule has 2 heterocycles. The summed E-state index contributed by atoms with van der Waals surface area (Å²) in [5.41, 5.74) is 2.11. The molecule has 1 amide bonds. The van der Waals surface area contributed by atoms with Crippen molar-refractivity contribution in [1.29, 1.82) is 0 Å². The number of amides is 1. The first-order valence-corrected chi connectivity index (χ1v) is 9.64. The summed E-state index contributed by atoms with van der Waals surface area (Å²) in [6, 6.07) is 15.2. The van der Waals surface area contributed by atoms with Gasteiger partial charge in [0.1, 0.15) is 29.2 Å². The molecule has 29 heavy (non-hydrogen) atoms. The fourth-order valence-electron chi connectivity index (χ4n) is 3.49. The van der Waals surface area contributed by atoms with Crippen molar-refractivity contribution in [2.24, 2.45) is 0 Å². The number of fused-ring (bicyclic) bond motifs is 3. The summed E-state index contributed by atoms with van der Waals surface area (Å²) in [6.07, 6.45) is 0. The SMILES string of the molecule is COc1cc2c(cc1NC(=O)[C@H](C)[NH+](C)Cc1ccc(C)o1)oc1ccccc12. The third-order valence-electron chi connectivity index (χ3n) is 5.34. The summed E-state index contributed by atoms with van der Waals surface area (Å²) in [5.74, 6) is 2.23. The van der Waals surface area contributed by atoms with Crippen LogP contribution in [0, 0.1) is 6.92 Å². The quantitative estimate of drug-likeness (QED) is 0.526. The van der Waals surface area contributed by atoms with E-state index in [1.54, 1.807) is 7.11 Å².